The maximum atomic E-state index is 6.03. The zero-order chi connectivity index (χ0) is 18.5. The lowest BCUT2D eigenvalue weighted by Gasteiger charge is -2.33. The number of hydrogen-bond donors (Lipinski definition) is 2. The highest BCUT2D eigenvalue weighted by Crippen LogP contribution is 2.29. The van der Waals surface area contributed by atoms with Gasteiger partial charge in [0.25, 0.3) is 0 Å². The van der Waals surface area contributed by atoms with Crippen LogP contribution in [0.4, 0.5) is 0 Å². The van der Waals surface area contributed by atoms with Crippen LogP contribution in [0.2, 0.25) is 5.02 Å². The average Bonchev–Trinajstić information content (AvgIpc) is 3.48. The van der Waals surface area contributed by atoms with Gasteiger partial charge in [0.2, 0.25) is 0 Å². The Labute approximate surface area is 185 Å². The second-order valence-electron chi connectivity index (χ2n) is 7.67. The quantitative estimate of drug-likeness (QED) is 0.354. The van der Waals surface area contributed by atoms with Crippen molar-refractivity contribution in [1.82, 2.24) is 20.4 Å². The van der Waals surface area contributed by atoms with Crippen molar-refractivity contribution in [3.05, 3.63) is 34.9 Å². The van der Waals surface area contributed by atoms with Crippen molar-refractivity contribution in [1.29, 1.82) is 0 Å². The predicted molar refractivity (Wildman–Crippen MR) is 125 cm³/mol. The molecule has 1 aliphatic heterocycles. The second-order valence-corrected chi connectivity index (χ2v) is 8.11. The summed E-state index contributed by atoms with van der Waals surface area (Å²) in [5, 5.41) is 7.89. The summed E-state index contributed by atoms with van der Waals surface area (Å²) in [6.45, 7) is 3.23. The molecule has 1 saturated heterocycles. The smallest absolute Gasteiger partial charge is 0.191 e. The molecule has 7 heteroatoms. The monoisotopic (exact) mass is 505 g/mol. The second kappa shape index (κ2) is 10.8. The molecule has 0 radical (unpaired) electrons. The van der Waals surface area contributed by atoms with Crippen LogP contribution in [0.3, 0.4) is 0 Å². The topological polar surface area (TPSA) is 42.9 Å². The van der Waals surface area contributed by atoms with Crippen LogP contribution < -0.4 is 10.6 Å². The molecule has 0 aromatic heterocycles. The summed E-state index contributed by atoms with van der Waals surface area (Å²) in [6, 6.07) is 9.76. The van der Waals surface area contributed by atoms with E-state index in [4.69, 9.17) is 11.6 Å². The number of nitrogens with zero attached hydrogens (tertiary/aromatic N) is 3. The normalized spacial score (nSPS) is 20.3. The lowest BCUT2D eigenvalue weighted by Crippen LogP contribution is -2.50. The Kier molecular flexibility index (Phi) is 9.11. The largest absolute Gasteiger partial charge is 0.354 e. The van der Waals surface area contributed by atoms with E-state index in [2.05, 4.69) is 51.7 Å². The van der Waals surface area contributed by atoms with Gasteiger partial charge in [0.05, 0.1) is 6.04 Å². The van der Waals surface area contributed by atoms with Crippen LogP contribution in [0.25, 0.3) is 0 Å². The van der Waals surface area contributed by atoms with Gasteiger partial charge < -0.3 is 20.4 Å². The first-order valence-electron chi connectivity index (χ1n) is 9.70. The van der Waals surface area contributed by atoms with Gasteiger partial charge in [-0.15, -0.1) is 24.0 Å². The number of rotatable bonds is 6. The van der Waals surface area contributed by atoms with Crippen LogP contribution in [0, 0.1) is 0 Å². The molecule has 2 aliphatic rings. The summed E-state index contributed by atoms with van der Waals surface area (Å²) in [7, 11) is 6.05. The van der Waals surface area contributed by atoms with Crippen molar-refractivity contribution < 1.29 is 0 Å². The number of likely N-dealkylation sites (tertiary alicyclic amines) is 1. The summed E-state index contributed by atoms with van der Waals surface area (Å²) in [5.74, 6) is 0.899. The molecule has 152 valence electrons. The van der Waals surface area contributed by atoms with E-state index in [9.17, 15) is 0 Å². The molecule has 1 saturated carbocycles. The van der Waals surface area contributed by atoms with Crippen molar-refractivity contribution >= 4 is 41.5 Å². The zero-order valence-electron chi connectivity index (χ0n) is 16.6. The van der Waals surface area contributed by atoms with Crippen LogP contribution >= 0.6 is 35.6 Å². The molecule has 1 unspecified atom stereocenters. The van der Waals surface area contributed by atoms with Crippen molar-refractivity contribution in [3.8, 4) is 0 Å². The molecule has 1 aliphatic carbocycles. The van der Waals surface area contributed by atoms with E-state index >= 15 is 0 Å². The average molecular weight is 506 g/mol. The number of piperidine rings is 1. The first-order chi connectivity index (χ1) is 12.6. The third kappa shape index (κ3) is 6.76. The van der Waals surface area contributed by atoms with Gasteiger partial charge in [-0.3, -0.25) is 4.99 Å². The van der Waals surface area contributed by atoms with E-state index < -0.39 is 0 Å². The molecule has 1 atom stereocenters. The molecule has 1 aromatic rings. The van der Waals surface area contributed by atoms with Gasteiger partial charge in [-0.25, -0.2) is 0 Å². The number of hydrogen-bond acceptors (Lipinski definition) is 3. The first-order valence-corrected chi connectivity index (χ1v) is 10.1. The Hall–Kier alpha value is -0.570. The van der Waals surface area contributed by atoms with Gasteiger partial charge in [0, 0.05) is 43.8 Å². The van der Waals surface area contributed by atoms with E-state index in [-0.39, 0.29) is 30.0 Å². The number of benzene rings is 1. The molecule has 1 aromatic carbocycles. The Morgan fingerprint density at radius 1 is 1.19 bits per heavy atom. The molecule has 5 nitrogen and oxygen atoms in total. The maximum absolute atomic E-state index is 6.03. The van der Waals surface area contributed by atoms with Crippen LogP contribution in [-0.4, -0.2) is 68.6 Å². The number of nitrogens with one attached hydrogen (secondary N) is 2. The number of aliphatic imine (C=N–C) groups is 1. The van der Waals surface area contributed by atoms with Crippen molar-refractivity contribution in [2.75, 3.05) is 40.8 Å². The third-order valence-corrected chi connectivity index (χ3v) is 5.75. The van der Waals surface area contributed by atoms with Crippen LogP contribution in [-0.2, 0) is 0 Å². The van der Waals surface area contributed by atoms with Gasteiger partial charge in [0.15, 0.2) is 5.96 Å². The summed E-state index contributed by atoms with van der Waals surface area (Å²) >= 11 is 6.03. The Balaban J connectivity index is 0.00000261. The minimum Gasteiger partial charge on any atom is -0.354 e. The van der Waals surface area contributed by atoms with Gasteiger partial charge in [0.1, 0.15) is 0 Å². The number of guanidine groups is 1. The molecule has 0 bridgehead atoms. The summed E-state index contributed by atoms with van der Waals surface area (Å²) < 4.78 is 0. The highest BCUT2D eigenvalue weighted by atomic mass is 127. The van der Waals surface area contributed by atoms with Crippen LogP contribution in [0.15, 0.2) is 29.3 Å². The van der Waals surface area contributed by atoms with E-state index in [1.54, 1.807) is 0 Å². The highest BCUT2D eigenvalue weighted by molar-refractivity contribution is 14.0. The van der Waals surface area contributed by atoms with Gasteiger partial charge in [-0.2, -0.15) is 0 Å². The number of halogens is 2. The fourth-order valence-corrected chi connectivity index (χ4v) is 3.84. The van der Waals surface area contributed by atoms with Crippen LogP contribution in [0.5, 0.6) is 0 Å². The summed E-state index contributed by atoms with van der Waals surface area (Å²) in [4.78, 5) is 9.30. The lowest BCUT2D eigenvalue weighted by molar-refractivity contribution is 0.197. The minimum absolute atomic E-state index is 0. The van der Waals surface area contributed by atoms with Crippen molar-refractivity contribution in [3.63, 3.8) is 0 Å². The van der Waals surface area contributed by atoms with E-state index in [0.717, 1.165) is 23.6 Å². The fourth-order valence-electron chi connectivity index (χ4n) is 3.71. The lowest BCUT2D eigenvalue weighted by atomic mass is 10.0. The fraction of sp³-hybridized carbons (Fsp3) is 0.650. The Morgan fingerprint density at radius 3 is 2.33 bits per heavy atom. The van der Waals surface area contributed by atoms with Crippen molar-refractivity contribution in [2.24, 2.45) is 4.99 Å². The SMILES string of the molecule is CN=C(NCC(c1ccc(Cl)cc1)N(C)C)NC1CCN(C2CC2)CC1.I. The minimum atomic E-state index is 0. The van der Waals surface area contributed by atoms with E-state index in [0.29, 0.717) is 6.04 Å². The van der Waals surface area contributed by atoms with Crippen LogP contribution in [0.1, 0.15) is 37.3 Å². The first kappa shape index (κ1) is 22.7. The molecular formula is C20H33ClIN5. The Bertz CT molecular complexity index is 595. The molecule has 2 fully saturated rings. The van der Waals surface area contributed by atoms with Gasteiger partial charge >= 0.3 is 0 Å². The molecule has 3 rings (SSSR count). The standard InChI is InChI=1S/C20H32ClN5.HI/c1-22-20(24-17-10-12-26(13-11-17)18-8-9-18)23-14-19(25(2)3)15-4-6-16(21)7-5-15;/h4-7,17-19H,8-14H2,1-3H3,(H2,22,23,24);1H. The molecule has 0 amide bonds. The molecular weight excluding hydrogens is 473 g/mol. The van der Waals surface area contributed by atoms with Gasteiger partial charge in [-0.1, -0.05) is 23.7 Å². The van der Waals surface area contributed by atoms with Crippen molar-refractivity contribution in [2.45, 2.75) is 43.8 Å². The summed E-state index contributed by atoms with van der Waals surface area (Å²) in [6.07, 6.45) is 5.20. The molecule has 27 heavy (non-hydrogen) atoms. The van der Waals surface area contributed by atoms with E-state index in [1.165, 1.54) is 44.3 Å². The Morgan fingerprint density at radius 2 is 1.81 bits per heavy atom. The maximum Gasteiger partial charge on any atom is 0.191 e. The highest BCUT2D eigenvalue weighted by Gasteiger charge is 2.31. The van der Waals surface area contributed by atoms with E-state index in [1.807, 2.05) is 19.2 Å². The molecule has 0 spiro atoms. The molecule has 1 heterocycles. The van der Waals surface area contributed by atoms with Gasteiger partial charge in [-0.05, 0) is 57.5 Å². The third-order valence-electron chi connectivity index (χ3n) is 5.50. The molecule has 2 N–H and O–H groups in total. The summed E-state index contributed by atoms with van der Waals surface area (Å²) in [5.41, 5.74) is 1.25. The number of likely N-dealkylation sites (N-methyl/N-ethyl adjacent to an activating group) is 1. The zero-order valence-corrected chi connectivity index (χ0v) is 19.7. The predicted octanol–water partition coefficient (Wildman–Crippen LogP) is 3.35.